The summed E-state index contributed by atoms with van der Waals surface area (Å²) in [6.45, 7) is 0. The Morgan fingerprint density at radius 3 is 2.86 bits per heavy atom. The van der Waals surface area contributed by atoms with Gasteiger partial charge in [-0.05, 0) is 24.3 Å². The molecule has 106 valence electrons. The molecule has 3 rings (SSSR count). The van der Waals surface area contributed by atoms with Gasteiger partial charge in [0.2, 0.25) is 5.78 Å². The molecule has 0 saturated heterocycles. The Balaban J connectivity index is 2.20. The number of carbonyl (C=O) groups is 1. The molecule has 0 saturated carbocycles. The molecule has 0 aliphatic rings. The zero-order valence-corrected chi connectivity index (χ0v) is 10.9. The maximum atomic E-state index is 13.8. The van der Waals surface area contributed by atoms with E-state index in [1.54, 1.807) is 12.1 Å². The fraction of sp³-hybridized carbons (Fsp3) is 0.0714. The molecule has 21 heavy (non-hydrogen) atoms. The molecule has 6 nitrogen and oxygen atoms in total. The third kappa shape index (κ3) is 2.18. The van der Waals surface area contributed by atoms with E-state index >= 15 is 0 Å². The number of carboxylic acids is 1. The van der Waals surface area contributed by atoms with Crippen LogP contribution in [0.2, 0.25) is 0 Å². The highest BCUT2D eigenvalue weighted by molar-refractivity contribution is 5.86. The van der Waals surface area contributed by atoms with Gasteiger partial charge in [0.1, 0.15) is 0 Å². The van der Waals surface area contributed by atoms with Crippen molar-refractivity contribution in [1.29, 1.82) is 0 Å². The predicted octanol–water partition coefficient (Wildman–Crippen LogP) is 2.24. The first-order chi connectivity index (χ1) is 10.1. The van der Waals surface area contributed by atoms with Crippen LogP contribution < -0.4 is 4.74 Å². The highest BCUT2D eigenvalue weighted by Gasteiger charge is 2.13. The third-order valence-electron chi connectivity index (χ3n) is 3.04. The van der Waals surface area contributed by atoms with E-state index in [-0.39, 0.29) is 17.2 Å². The van der Waals surface area contributed by atoms with Gasteiger partial charge in [0.05, 0.1) is 12.8 Å². The van der Waals surface area contributed by atoms with Crippen LogP contribution in [0, 0.1) is 5.82 Å². The number of aromatic nitrogens is 3. The second kappa shape index (κ2) is 4.86. The van der Waals surface area contributed by atoms with E-state index in [4.69, 9.17) is 9.84 Å². The number of nitrogens with zero attached hydrogens (tertiary/aromatic N) is 3. The van der Waals surface area contributed by atoms with Crippen molar-refractivity contribution in [2.75, 3.05) is 7.11 Å². The van der Waals surface area contributed by atoms with Gasteiger partial charge >= 0.3 is 5.97 Å². The van der Waals surface area contributed by atoms with Gasteiger partial charge < -0.3 is 9.84 Å². The standard InChI is InChI=1S/C14H10FN3O3/c1-21-12-3-2-8(6-9(12)15)11-4-5-16-14-17-10(13(19)20)7-18(11)14/h2-7H,1H3,(H,19,20). The van der Waals surface area contributed by atoms with E-state index < -0.39 is 11.8 Å². The summed E-state index contributed by atoms with van der Waals surface area (Å²) in [7, 11) is 1.39. The molecule has 0 aliphatic heterocycles. The number of rotatable bonds is 3. The third-order valence-corrected chi connectivity index (χ3v) is 3.04. The highest BCUT2D eigenvalue weighted by Crippen LogP contribution is 2.25. The van der Waals surface area contributed by atoms with Crippen molar-refractivity contribution < 1.29 is 19.0 Å². The largest absolute Gasteiger partial charge is 0.494 e. The summed E-state index contributed by atoms with van der Waals surface area (Å²) < 4.78 is 20.2. The molecule has 0 amide bonds. The van der Waals surface area contributed by atoms with Gasteiger partial charge in [-0.2, -0.15) is 0 Å². The van der Waals surface area contributed by atoms with Crippen LogP contribution in [0.5, 0.6) is 5.75 Å². The Bertz CT molecular complexity index is 845. The molecule has 2 heterocycles. The molecule has 1 N–H and O–H groups in total. The first-order valence-corrected chi connectivity index (χ1v) is 6.01. The number of benzene rings is 1. The zero-order valence-electron chi connectivity index (χ0n) is 10.9. The number of halogens is 1. The van der Waals surface area contributed by atoms with Crippen LogP contribution in [-0.2, 0) is 0 Å². The monoisotopic (exact) mass is 287 g/mol. The van der Waals surface area contributed by atoms with Crippen LogP contribution in [0.3, 0.4) is 0 Å². The maximum Gasteiger partial charge on any atom is 0.356 e. The lowest BCUT2D eigenvalue weighted by molar-refractivity contribution is 0.0691. The van der Waals surface area contributed by atoms with Gasteiger partial charge in [-0.3, -0.25) is 4.40 Å². The minimum absolute atomic E-state index is 0.121. The Morgan fingerprint density at radius 2 is 2.19 bits per heavy atom. The molecule has 0 spiro atoms. The van der Waals surface area contributed by atoms with Crippen LogP contribution in [0.25, 0.3) is 17.0 Å². The van der Waals surface area contributed by atoms with E-state index in [1.807, 2.05) is 0 Å². The Morgan fingerprint density at radius 1 is 1.38 bits per heavy atom. The van der Waals surface area contributed by atoms with E-state index in [2.05, 4.69) is 9.97 Å². The molecule has 0 bridgehead atoms. The molecule has 1 aromatic carbocycles. The number of hydrogen-bond acceptors (Lipinski definition) is 4. The number of ether oxygens (including phenoxy) is 1. The van der Waals surface area contributed by atoms with Gasteiger partial charge in [-0.1, -0.05) is 0 Å². The van der Waals surface area contributed by atoms with Crippen LogP contribution in [0.4, 0.5) is 4.39 Å². The molecule has 0 radical (unpaired) electrons. The van der Waals surface area contributed by atoms with Gasteiger partial charge in [0, 0.05) is 18.0 Å². The first kappa shape index (κ1) is 13.0. The molecule has 0 atom stereocenters. The fourth-order valence-electron chi connectivity index (χ4n) is 2.06. The van der Waals surface area contributed by atoms with Crippen LogP contribution >= 0.6 is 0 Å². The van der Waals surface area contributed by atoms with E-state index in [9.17, 15) is 9.18 Å². The highest BCUT2D eigenvalue weighted by atomic mass is 19.1. The SMILES string of the molecule is COc1ccc(-c2ccnc3nc(C(=O)O)cn23)cc1F. The van der Waals surface area contributed by atoms with Gasteiger partial charge in [0.15, 0.2) is 17.3 Å². The maximum absolute atomic E-state index is 13.8. The number of hydrogen-bond donors (Lipinski definition) is 1. The summed E-state index contributed by atoms with van der Waals surface area (Å²) in [6.07, 6.45) is 2.84. The smallest absolute Gasteiger partial charge is 0.356 e. The van der Waals surface area contributed by atoms with Gasteiger partial charge in [0.25, 0.3) is 0 Å². The molecule has 0 unspecified atom stereocenters. The molecule has 0 aliphatic carbocycles. The lowest BCUT2D eigenvalue weighted by Crippen LogP contribution is -1.95. The zero-order chi connectivity index (χ0) is 15.0. The first-order valence-electron chi connectivity index (χ1n) is 6.01. The average Bonchev–Trinajstić information content (AvgIpc) is 2.91. The second-order valence-electron chi connectivity index (χ2n) is 4.28. The van der Waals surface area contributed by atoms with Crippen molar-refractivity contribution in [2.24, 2.45) is 0 Å². The normalized spacial score (nSPS) is 10.8. The quantitative estimate of drug-likeness (QED) is 0.799. The van der Waals surface area contributed by atoms with Crippen LogP contribution in [0.15, 0.2) is 36.7 Å². The van der Waals surface area contributed by atoms with E-state index in [0.717, 1.165) is 0 Å². The minimum atomic E-state index is -1.15. The van der Waals surface area contributed by atoms with Crippen molar-refractivity contribution in [3.8, 4) is 17.0 Å². The van der Waals surface area contributed by atoms with Crippen molar-refractivity contribution in [3.63, 3.8) is 0 Å². The summed E-state index contributed by atoms with van der Waals surface area (Å²) in [5.74, 6) is -1.27. The molecule has 0 fully saturated rings. The number of fused-ring (bicyclic) bond motifs is 1. The molecule has 2 aromatic heterocycles. The summed E-state index contributed by atoms with van der Waals surface area (Å²) >= 11 is 0. The summed E-state index contributed by atoms with van der Waals surface area (Å²) in [4.78, 5) is 18.9. The minimum Gasteiger partial charge on any atom is -0.494 e. The van der Waals surface area contributed by atoms with Crippen LogP contribution in [0.1, 0.15) is 10.5 Å². The lowest BCUT2D eigenvalue weighted by atomic mass is 10.1. The number of imidazole rings is 1. The van der Waals surface area contributed by atoms with Crippen molar-refractivity contribution in [1.82, 2.24) is 14.4 Å². The van der Waals surface area contributed by atoms with Gasteiger partial charge in [-0.25, -0.2) is 19.2 Å². The molecule has 3 aromatic rings. The Kier molecular flexibility index (Phi) is 3.02. The van der Waals surface area contributed by atoms with Crippen molar-refractivity contribution in [3.05, 3.63) is 48.2 Å². The Labute approximate surface area is 118 Å². The average molecular weight is 287 g/mol. The molecule has 7 heteroatoms. The molecular formula is C14H10FN3O3. The van der Waals surface area contributed by atoms with E-state index in [1.165, 1.54) is 36.0 Å². The molecular weight excluding hydrogens is 277 g/mol. The predicted molar refractivity (Wildman–Crippen MR) is 71.9 cm³/mol. The second-order valence-corrected chi connectivity index (χ2v) is 4.28. The summed E-state index contributed by atoms with van der Waals surface area (Å²) in [5.41, 5.74) is 1.03. The summed E-state index contributed by atoms with van der Waals surface area (Å²) in [6, 6.07) is 6.15. The Hall–Kier alpha value is -2.96. The van der Waals surface area contributed by atoms with Crippen LogP contribution in [-0.4, -0.2) is 32.6 Å². The topological polar surface area (TPSA) is 76.7 Å². The number of aromatic carboxylic acids is 1. The fourth-order valence-corrected chi connectivity index (χ4v) is 2.06. The van der Waals surface area contributed by atoms with Gasteiger partial charge in [-0.15, -0.1) is 0 Å². The number of methoxy groups -OCH3 is 1. The van der Waals surface area contributed by atoms with Crippen molar-refractivity contribution >= 4 is 11.7 Å². The van der Waals surface area contributed by atoms with E-state index in [0.29, 0.717) is 11.3 Å². The van der Waals surface area contributed by atoms with Crippen molar-refractivity contribution in [2.45, 2.75) is 0 Å². The summed E-state index contributed by atoms with van der Waals surface area (Å²) in [5, 5.41) is 8.98. The lowest BCUT2D eigenvalue weighted by Gasteiger charge is -2.07. The number of carboxylic acid groups (broad SMARTS) is 1.